The molecular weight excluding hydrogens is 156 g/mol. The molecule has 2 N–H and O–H groups in total. The van der Waals surface area contributed by atoms with Crippen LogP contribution in [0.25, 0.3) is 0 Å². The lowest BCUT2D eigenvalue weighted by Gasteiger charge is -2.13. The summed E-state index contributed by atoms with van der Waals surface area (Å²) in [6.45, 7) is 5.72. The number of hydrogen-bond acceptors (Lipinski definition) is 3. The highest BCUT2D eigenvalue weighted by atomic mass is 16.2. The van der Waals surface area contributed by atoms with Crippen LogP contribution in [-0.4, -0.2) is 41.3 Å². The molecule has 1 rings (SSSR count). The lowest BCUT2D eigenvalue weighted by atomic mass is 10.5. The Balaban J connectivity index is 2.79. The Morgan fingerprint density at radius 1 is 1.50 bits per heavy atom. The minimum atomic E-state index is 0.00389. The third kappa shape index (κ3) is 1.22. The van der Waals surface area contributed by atoms with Crippen LogP contribution >= 0.6 is 0 Å². The van der Waals surface area contributed by atoms with E-state index in [1.54, 1.807) is 9.80 Å². The van der Waals surface area contributed by atoms with Crippen LogP contribution in [0.2, 0.25) is 0 Å². The molecule has 1 aliphatic rings. The van der Waals surface area contributed by atoms with Crippen molar-refractivity contribution >= 4 is 11.9 Å². The Morgan fingerprint density at radius 3 is 2.50 bits per heavy atom. The minimum absolute atomic E-state index is 0.00389. The van der Waals surface area contributed by atoms with Gasteiger partial charge in [-0.25, -0.2) is 4.79 Å². The van der Waals surface area contributed by atoms with E-state index in [0.717, 1.165) is 0 Å². The molecule has 0 aliphatic carbocycles. The largest absolute Gasteiger partial charge is 0.325 e. The fourth-order valence-electron chi connectivity index (χ4n) is 1.28. The van der Waals surface area contributed by atoms with E-state index in [0.29, 0.717) is 25.5 Å². The molecule has 0 saturated carbocycles. The van der Waals surface area contributed by atoms with Gasteiger partial charge in [0.25, 0.3) is 0 Å². The van der Waals surface area contributed by atoms with Crippen LogP contribution in [0.5, 0.6) is 0 Å². The average Bonchev–Trinajstić information content (AvgIpc) is 2.41. The van der Waals surface area contributed by atoms with Gasteiger partial charge in [-0.15, -0.1) is 0 Å². The normalized spacial score (nSPS) is 21.2. The van der Waals surface area contributed by atoms with Gasteiger partial charge in [0.1, 0.15) is 0 Å². The van der Waals surface area contributed by atoms with E-state index in [1.807, 2.05) is 13.8 Å². The number of nitrogens with two attached hydrogens (primary N) is 1. The van der Waals surface area contributed by atoms with E-state index >= 15 is 0 Å². The van der Waals surface area contributed by atoms with Gasteiger partial charge in [0, 0.05) is 13.1 Å². The van der Waals surface area contributed by atoms with E-state index < -0.39 is 0 Å². The van der Waals surface area contributed by atoms with Crippen molar-refractivity contribution in [3.63, 3.8) is 0 Å². The lowest BCUT2D eigenvalue weighted by molar-refractivity contribution is 0.199. The minimum Gasteiger partial charge on any atom is -0.322 e. The molecule has 0 spiro atoms. The van der Waals surface area contributed by atoms with Crippen molar-refractivity contribution in [1.29, 1.82) is 0 Å². The van der Waals surface area contributed by atoms with Crippen LogP contribution in [-0.2, 0) is 0 Å². The fraction of sp³-hybridized carbons (Fsp3) is 0.714. The Morgan fingerprint density at radius 2 is 2.17 bits per heavy atom. The first-order chi connectivity index (χ1) is 5.74. The second-order valence-electron chi connectivity index (χ2n) is 2.59. The van der Waals surface area contributed by atoms with Gasteiger partial charge in [0.05, 0.1) is 6.54 Å². The summed E-state index contributed by atoms with van der Waals surface area (Å²) in [5.74, 6) is 5.80. The van der Waals surface area contributed by atoms with Crippen molar-refractivity contribution in [2.24, 2.45) is 10.9 Å². The predicted octanol–water partition coefficient (Wildman–Crippen LogP) is 0.0360. The maximum atomic E-state index is 11.5. The topological polar surface area (TPSA) is 61.9 Å². The summed E-state index contributed by atoms with van der Waals surface area (Å²) in [6.07, 6.45) is 0. The summed E-state index contributed by atoms with van der Waals surface area (Å²) in [5, 5.41) is 3.57. The summed E-state index contributed by atoms with van der Waals surface area (Å²) in [6, 6.07) is 0.00389. The third-order valence-electron chi connectivity index (χ3n) is 1.99. The van der Waals surface area contributed by atoms with E-state index in [-0.39, 0.29) is 6.03 Å². The number of rotatable bonds is 2. The van der Waals surface area contributed by atoms with Crippen molar-refractivity contribution in [1.82, 2.24) is 9.80 Å². The van der Waals surface area contributed by atoms with Gasteiger partial charge in [0.2, 0.25) is 0 Å². The molecule has 68 valence electrons. The highest BCUT2D eigenvalue weighted by Crippen LogP contribution is 2.09. The number of amides is 2. The molecule has 0 unspecified atom stereocenters. The number of hydrazone groups is 1. The summed E-state index contributed by atoms with van der Waals surface area (Å²) in [4.78, 5) is 14.7. The van der Waals surface area contributed by atoms with Crippen molar-refractivity contribution in [3.8, 4) is 0 Å². The second kappa shape index (κ2) is 3.42. The molecular formula is C7H14N4O. The molecule has 5 nitrogen and oxygen atoms in total. The Kier molecular flexibility index (Phi) is 2.52. The third-order valence-corrected chi connectivity index (χ3v) is 1.99. The monoisotopic (exact) mass is 170 g/mol. The summed E-state index contributed by atoms with van der Waals surface area (Å²) in [5.41, 5.74) is 0. The van der Waals surface area contributed by atoms with Crippen LogP contribution < -0.4 is 5.84 Å². The van der Waals surface area contributed by atoms with Crippen LogP contribution in [0.1, 0.15) is 13.8 Å². The van der Waals surface area contributed by atoms with Crippen LogP contribution in [0, 0.1) is 0 Å². The molecule has 5 heteroatoms. The van der Waals surface area contributed by atoms with Gasteiger partial charge >= 0.3 is 6.03 Å². The molecule has 1 aliphatic heterocycles. The zero-order valence-corrected chi connectivity index (χ0v) is 7.45. The second-order valence-corrected chi connectivity index (χ2v) is 2.59. The van der Waals surface area contributed by atoms with Crippen molar-refractivity contribution < 1.29 is 4.79 Å². The van der Waals surface area contributed by atoms with E-state index in [2.05, 4.69) is 5.10 Å². The molecule has 1 heterocycles. The average molecular weight is 170 g/mol. The van der Waals surface area contributed by atoms with Crippen molar-refractivity contribution in [2.45, 2.75) is 13.8 Å². The molecule has 1 fully saturated rings. The first-order valence-corrected chi connectivity index (χ1v) is 4.07. The smallest absolute Gasteiger partial charge is 0.322 e. The van der Waals surface area contributed by atoms with E-state index in [1.165, 1.54) is 0 Å². The molecule has 0 radical (unpaired) electrons. The van der Waals surface area contributed by atoms with Gasteiger partial charge in [-0.05, 0) is 13.8 Å². The van der Waals surface area contributed by atoms with Gasteiger partial charge in [-0.3, -0.25) is 4.90 Å². The SMILES string of the molecule is CCN1CC(=NN)N(CC)C1=O. The van der Waals surface area contributed by atoms with Gasteiger partial charge < -0.3 is 10.7 Å². The standard InChI is InChI=1S/C7H14N4O/c1-3-10-5-6(9-8)11(4-2)7(10)12/h3-5,8H2,1-2H3. The van der Waals surface area contributed by atoms with Crippen LogP contribution in [0.3, 0.4) is 0 Å². The van der Waals surface area contributed by atoms with Gasteiger partial charge in [-0.2, -0.15) is 5.10 Å². The number of hydrogen-bond donors (Lipinski definition) is 1. The molecule has 12 heavy (non-hydrogen) atoms. The number of amidine groups is 1. The van der Waals surface area contributed by atoms with Crippen LogP contribution in [0.15, 0.2) is 5.10 Å². The number of carbonyl (C=O) groups excluding carboxylic acids is 1. The summed E-state index contributed by atoms with van der Waals surface area (Å²) < 4.78 is 0. The molecule has 0 atom stereocenters. The highest BCUT2D eigenvalue weighted by Gasteiger charge is 2.31. The van der Waals surface area contributed by atoms with Gasteiger partial charge in [0.15, 0.2) is 5.84 Å². The first kappa shape index (κ1) is 8.83. The number of likely N-dealkylation sites (N-methyl/N-ethyl adjacent to an activating group) is 2. The van der Waals surface area contributed by atoms with Gasteiger partial charge in [-0.1, -0.05) is 0 Å². The Hall–Kier alpha value is -1.26. The summed E-state index contributed by atoms with van der Waals surface area (Å²) >= 11 is 0. The van der Waals surface area contributed by atoms with E-state index in [4.69, 9.17) is 5.84 Å². The maximum Gasteiger partial charge on any atom is 0.325 e. The molecule has 1 saturated heterocycles. The maximum absolute atomic E-state index is 11.5. The number of nitrogens with zero attached hydrogens (tertiary/aromatic N) is 3. The Bertz CT molecular complexity index is 213. The molecule has 2 amide bonds. The lowest BCUT2D eigenvalue weighted by Crippen LogP contribution is -2.33. The first-order valence-electron chi connectivity index (χ1n) is 4.07. The molecule has 0 aromatic heterocycles. The summed E-state index contributed by atoms with van der Waals surface area (Å²) in [7, 11) is 0. The number of carbonyl (C=O) groups is 1. The number of urea groups is 1. The van der Waals surface area contributed by atoms with E-state index in [9.17, 15) is 4.79 Å². The zero-order valence-electron chi connectivity index (χ0n) is 7.45. The quantitative estimate of drug-likeness (QED) is 0.469. The van der Waals surface area contributed by atoms with Crippen LogP contribution in [0.4, 0.5) is 4.79 Å². The molecule has 0 bridgehead atoms. The Labute approximate surface area is 71.8 Å². The zero-order chi connectivity index (χ0) is 9.14. The predicted molar refractivity (Wildman–Crippen MR) is 46.6 cm³/mol. The fourth-order valence-corrected chi connectivity index (χ4v) is 1.28. The molecule has 0 aromatic rings. The highest BCUT2D eigenvalue weighted by molar-refractivity contribution is 6.04. The van der Waals surface area contributed by atoms with Crippen molar-refractivity contribution in [3.05, 3.63) is 0 Å². The molecule has 0 aromatic carbocycles. The van der Waals surface area contributed by atoms with Crippen molar-refractivity contribution in [2.75, 3.05) is 19.6 Å².